The van der Waals surface area contributed by atoms with E-state index in [0.29, 0.717) is 31.0 Å². The highest BCUT2D eigenvalue weighted by Crippen LogP contribution is 2.31. The Kier molecular flexibility index (Phi) is 8.73. The van der Waals surface area contributed by atoms with E-state index in [1.165, 1.54) is 30.2 Å². The molecule has 16 nitrogen and oxygen atoms in total. The molecule has 0 saturated carbocycles. The normalized spacial score (nSPS) is 18.0. The summed E-state index contributed by atoms with van der Waals surface area (Å²) in [4.78, 5) is 39.1. The van der Waals surface area contributed by atoms with Crippen LogP contribution in [0.4, 0.5) is 20.7 Å². The van der Waals surface area contributed by atoms with Gasteiger partial charge < -0.3 is 34.4 Å². The van der Waals surface area contributed by atoms with Crippen LogP contribution >= 0.6 is 0 Å². The van der Waals surface area contributed by atoms with Crippen LogP contribution in [0.3, 0.4) is 0 Å². The number of hydrogen-bond donors (Lipinski definition) is 2. The minimum absolute atomic E-state index is 0.0368. The van der Waals surface area contributed by atoms with E-state index in [1.54, 1.807) is 16.8 Å². The van der Waals surface area contributed by atoms with E-state index in [4.69, 9.17) is 18.9 Å². The Morgan fingerprint density at radius 3 is 2.76 bits per heavy atom. The molecule has 1 fully saturated rings. The molecule has 2 N–H and O–H groups in total. The Morgan fingerprint density at radius 1 is 1.24 bits per heavy atom. The van der Waals surface area contributed by atoms with Crippen molar-refractivity contribution < 1.29 is 37.9 Å². The summed E-state index contributed by atoms with van der Waals surface area (Å²) in [5, 5.41) is 24.1. The summed E-state index contributed by atoms with van der Waals surface area (Å²) in [6.07, 6.45) is 1.05. The monoisotopic (exact) mass is 636 g/mol. The highest BCUT2D eigenvalue weighted by atomic mass is 19.1. The Labute approximate surface area is 260 Å². The van der Waals surface area contributed by atoms with Crippen LogP contribution in [0.15, 0.2) is 54.9 Å². The standard InChI is InChI=1S/C29H29FN8O8/c1-17(39)31-10-21-13-37(29(40)45-21)20-6-7-25(23(30)9-20)46-26(24-11-32-35-34-24)8-18-2-4-19(5-3-18)15-43-22-12-36-14-27(38(41)42)33-28(36)44-16-22/h2-7,9,11,14,21-22,26H,8,10,12-13,15-16H2,1H3,(H,31,39)(H,32,34,35). The summed E-state index contributed by atoms with van der Waals surface area (Å²) in [7, 11) is 0. The van der Waals surface area contributed by atoms with Crippen LogP contribution < -0.4 is 19.7 Å². The number of carbonyl (C=O) groups excluding carboxylic acids is 2. The van der Waals surface area contributed by atoms with Crippen molar-refractivity contribution in [2.75, 3.05) is 24.6 Å². The number of fused-ring (bicyclic) bond motifs is 1. The van der Waals surface area contributed by atoms with Crippen LogP contribution in [0.2, 0.25) is 0 Å². The predicted octanol–water partition coefficient (Wildman–Crippen LogP) is 2.85. The number of aromatic nitrogens is 5. The molecule has 46 heavy (non-hydrogen) atoms. The third kappa shape index (κ3) is 7.04. The first-order valence-electron chi connectivity index (χ1n) is 14.3. The molecule has 2 aliphatic heterocycles. The Hall–Kier alpha value is -5.58. The molecule has 0 bridgehead atoms. The number of H-pyrrole nitrogens is 1. The van der Waals surface area contributed by atoms with Gasteiger partial charge in [-0.05, 0) is 28.2 Å². The quantitative estimate of drug-likeness (QED) is 0.172. The van der Waals surface area contributed by atoms with Crippen molar-refractivity contribution in [1.82, 2.24) is 30.3 Å². The number of ether oxygens (including phenoxy) is 4. The van der Waals surface area contributed by atoms with E-state index in [9.17, 15) is 19.7 Å². The highest BCUT2D eigenvalue weighted by molar-refractivity contribution is 5.90. The summed E-state index contributed by atoms with van der Waals surface area (Å²) in [6.45, 7) is 2.58. The van der Waals surface area contributed by atoms with E-state index < -0.39 is 29.0 Å². The molecule has 6 rings (SSSR count). The van der Waals surface area contributed by atoms with Gasteiger partial charge in [-0.2, -0.15) is 0 Å². The Bertz CT molecular complexity index is 1710. The van der Waals surface area contributed by atoms with Crippen LogP contribution in [0.5, 0.6) is 11.8 Å². The van der Waals surface area contributed by atoms with Crippen molar-refractivity contribution in [2.45, 2.75) is 44.8 Å². The topological polar surface area (TPSA) is 189 Å². The largest absolute Gasteiger partial charge is 0.481 e. The molecule has 3 atom stereocenters. The molecule has 4 heterocycles. The molecule has 2 amide bonds. The maximum Gasteiger partial charge on any atom is 0.414 e. The number of nitrogens with zero attached hydrogens (tertiary/aromatic N) is 6. The second-order valence-electron chi connectivity index (χ2n) is 10.7. The maximum atomic E-state index is 15.3. The van der Waals surface area contributed by atoms with E-state index in [2.05, 4.69) is 25.7 Å². The number of amides is 2. The molecule has 0 spiro atoms. The number of anilines is 1. The van der Waals surface area contributed by atoms with Crippen LogP contribution in [0, 0.1) is 15.9 Å². The van der Waals surface area contributed by atoms with Crippen molar-refractivity contribution in [3.05, 3.63) is 87.6 Å². The van der Waals surface area contributed by atoms with E-state index in [1.807, 2.05) is 24.3 Å². The first kappa shape index (κ1) is 30.4. The maximum absolute atomic E-state index is 15.3. The molecule has 2 aromatic heterocycles. The number of hydrogen-bond acceptors (Lipinski definition) is 11. The Morgan fingerprint density at radius 2 is 2.04 bits per heavy atom. The van der Waals surface area contributed by atoms with Gasteiger partial charge in [0.1, 0.15) is 36.8 Å². The van der Waals surface area contributed by atoms with Crippen molar-refractivity contribution >= 4 is 23.5 Å². The number of nitro groups is 1. The van der Waals surface area contributed by atoms with Crippen molar-refractivity contribution in [3.8, 4) is 11.8 Å². The smallest absolute Gasteiger partial charge is 0.414 e. The molecule has 2 aliphatic rings. The highest BCUT2D eigenvalue weighted by Gasteiger charge is 2.33. The minimum Gasteiger partial charge on any atom is -0.481 e. The first-order chi connectivity index (χ1) is 22.2. The molecule has 3 unspecified atom stereocenters. The molecule has 240 valence electrons. The zero-order chi connectivity index (χ0) is 32.2. The Balaban J connectivity index is 1.06. The first-order valence-corrected chi connectivity index (χ1v) is 14.3. The number of aromatic amines is 1. The van der Waals surface area contributed by atoms with Crippen molar-refractivity contribution in [1.29, 1.82) is 0 Å². The lowest BCUT2D eigenvalue weighted by molar-refractivity contribution is -0.389. The second-order valence-corrected chi connectivity index (χ2v) is 10.7. The average Bonchev–Trinajstić information content (AvgIpc) is 3.80. The summed E-state index contributed by atoms with van der Waals surface area (Å²) >= 11 is 0. The molecular weight excluding hydrogens is 607 g/mol. The molecule has 1 saturated heterocycles. The molecular formula is C29H29FN8O8. The minimum atomic E-state index is -0.687. The van der Waals surface area contributed by atoms with Gasteiger partial charge >= 0.3 is 17.9 Å². The number of halogens is 1. The fourth-order valence-corrected chi connectivity index (χ4v) is 5.04. The summed E-state index contributed by atoms with van der Waals surface area (Å²) in [5.74, 6) is -1.24. The fourth-order valence-electron chi connectivity index (χ4n) is 5.04. The fraction of sp³-hybridized carbons (Fsp3) is 0.345. The van der Waals surface area contributed by atoms with Crippen LogP contribution in [-0.4, -0.2) is 73.8 Å². The lowest BCUT2D eigenvalue weighted by Crippen LogP contribution is -2.33. The van der Waals surface area contributed by atoms with Gasteiger partial charge in [0.15, 0.2) is 11.6 Å². The lowest BCUT2D eigenvalue weighted by Gasteiger charge is -2.22. The molecule has 4 aromatic rings. The average molecular weight is 637 g/mol. The summed E-state index contributed by atoms with van der Waals surface area (Å²) < 4.78 is 39.6. The number of benzene rings is 2. The number of imidazole rings is 1. The van der Waals surface area contributed by atoms with Gasteiger partial charge in [0.05, 0.1) is 31.9 Å². The van der Waals surface area contributed by atoms with Crippen LogP contribution in [-0.2, 0) is 33.8 Å². The number of nitrogens with one attached hydrogen (secondary N) is 2. The van der Waals surface area contributed by atoms with E-state index in [-0.39, 0.29) is 49.3 Å². The van der Waals surface area contributed by atoms with Gasteiger partial charge in [-0.25, -0.2) is 9.18 Å². The van der Waals surface area contributed by atoms with Gasteiger partial charge in [-0.3, -0.25) is 19.4 Å². The van der Waals surface area contributed by atoms with Crippen molar-refractivity contribution in [3.63, 3.8) is 0 Å². The molecule has 2 aromatic carbocycles. The third-order valence-electron chi connectivity index (χ3n) is 7.36. The van der Waals surface area contributed by atoms with E-state index in [0.717, 1.165) is 11.1 Å². The van der Waals surface area contributed by atoms with Gasteiger partial charge in [-0.1, -0.05) is 29.5 Å². The lowest BCUT2D eigenvalue weighted by atomic mass is 10.0. The third-order valence-corrected chi connectivity index (χ3v) is 7.36. The molecule has 0 aliphatic carbocycles. The summed E-state index contributed by atoms with van der Waals surface area (Å²) in [5.41, 5.74) is 2.54. The van der Waals surface area contributed by atoms with Gasteiger partial charge in [0, 0.05) is 30.6 Å². The number of rotatable bonds is 12. The molecule has 0 radical (unpaired) electrons. The van der Waals surface area contributed by atoms with Gasteiger partial charge in [0.2, 0.25) is 5.91 Å². The van der Waals surface area contributed by atoms with E-state index >= 15 is 4.39 Å². The zero-order valence-electron chi connectivity index (χ0n) is 24.5. The van der Waals surface area contributed by atoms with Gasteiger partial charge in [-0.15, -0.1) is 5.10 Å². The summed E-state index contributed by atoms with van der Waals surface area (Å²) in [6, 6.07) is 12.0. The van der Waals surface area contributed by atoms with Crippen molar-refractivity contribution in [2.24, 2.45) is 0 Å². The van der Waals surface area contributed by atoms with Gasteiger partial charge in [0.25, 0.3) is 0 Å². The second kappa shape index (κ2) is 13.2. The number of cyclic esters (lactones) is 1. The van der Waals surface area contributed by atoms with Crippen LogP contribution in [0.25, 0.3) is 0 Å². The zero-order valence-corrected chi connectivity index (χ0v) is 24.5. The molecule has 17 heteroatoms. The number of carbonyl (C=O) groups is 2. The van der Waals surface area contributed by atoms with Crippen LogP contribution in [0.1, 0.15) is 29.8 Å². The predicted molar refractivity (Wildman–Crippen MR) is 156 cm³/mol. The SMILES string of the molecule is CC(=O)NCC1CN(c2ccc(OC(Cc3ccc(COC4COc5nc([N+](=O)[O-])cn5C4)cc3)c3c[nH]nn3)c(F)c2)C(=O)O1.